The number of alkyl halides is 3. The van der Waals surface area contributed by atoms with Crippen molar-refractivity contribution in [1.29, 1.82) is 0 Å². The Kier molecular flexibility index (Phi) is 11.3. The molecule has 0 bridgehead atoms. The Balaban J connectivity index is 1.31. The summed E-state index contributed by atoms with van der Waals surface area (Å²) in [6, 6.07) is 15.6. The molecule has 0 spiro atoms. The van der Waals surface area contributed by atoms with Crippen molar-refractivity contribution in [3.05, 3.63) is 99.0 Å². The molecule has 3 aliphatic heterocycles. The van der Waals surface area contributed by atoms with Crippen molar-refractivity contribution in [1.82, 2.24) is 24.5 Å². The van der Waals surface area contributed by atoms with Gasteiger partial charge in [-0.1, -0.05) is 47.5 Å². The summed E-state index contributed by atoms with van der Waals surface area (Å²) in [5, 5.41) is 1.01. The van der Waals surface area contributed by atoms with Crippen molar-refractivity contribution in [3.8, 4) is 5.75 Å². The molecule has 0 saturated carbocycles. The maximum atomic E-state index is 14.8. The monoisotopic (exact) mass is 758 g/mol. The van der Waals surface area contributed by atoms with Gasteiger partial charge in [0.15, 0.2) is 0 Å². The van der Waals surface area contributed by atoms with E-state index >= 15 is 0 Å². The van der Waals surface area contributed by atoms with Crippen LogP contribution in [0.3, 0.4) is 0 Å². The van der Waals surface area contributed by atoms with Crippen LogP contribution in [0.5, 0.6) is 5.75 Å². The van der Waals surface area contributed by atoms with E-state index in [1.54, 1.807) is 50.8 Å². The summed E-state index contributed by atoms with van der Waals surface area (Å²) in [5.74, 6) is 0.0814. The second kappa shape index (κ2) is 15.7. The topological polar surface area (TPSA) is 89.0 Å². The molecule has 10 nitrogen and oxygen atoms in total. The lowest BCUT2D eigenvalue weighted by Crippen LogP contribution is -2.56. The Morgan fingerprint density at radius 3 is 1.90 bits per heavy atom. The lowest BCUT2D eigenvalue weighted by molar-refractivity contribution is -0.139. The van der Waals surface area contributed by atoms with Crippen molar-refractivity contribution >= 4 is 46.9 Å². The predicted molar refractivity (Wildman–Crippen MR) is 192 cm³/mol. The van der Waals surface area contributed by atoms with Crippen LogP contribution in [0.25, 0.3) is 0 Å². The second-order valence-corrected chi connectivity index (χ2v) is 13.8. The molecule has 4 amide bonds. The number of halogens is 5. The first-order valence-corrected chi connectivity index (χ1v) is 17.9. The van der Waals surface area contributed by atoms with Crippen molar-refractivity contribution in [2.45, 2.75) is 32.1 Å². The molecule has 3 heterocycles. The number of rotatable bonds is 7. The van der Waals surface area contributed by atoms with Gasteiger partial charge in [0.1, 0.15) is 17.6 Å². The molecule has 3 aromatic rings. The van der Waals surface area contributed by atoms with E-state index in [1.807, 2.05) is 29.2 Å². The number of piperazine rings is 2. The first-order chi connectivity index (χ1) is 24.8. The van der Waals surface area contributed by atoms with Gasteiger partial charge in [0.05, 0.1) is 30.3 Å². The summed E-state index contributed by atoms with van der Waals surface area (Å²) >= 11 is 12.5. The van der Waals surface area contributed by atoms with E-state index in [-0.39, 0.29) is 48.1 Å². The van der Waals surface area contributed by atoms with E-state index in [1.165, 1.54) is 13.0 Å². The SMILES string of the molecule is CCOc1cc(C(F)(F)F)ccc1C1=NC(c2ccc(Cl)cc2)C(c2ccc(Cl)cc2)N1C(=O)N1CCN(CC(=O)N2CCN(C(C)=O)CC2)CC1. The maximum Gasteiger partial charge on any atom is 0.416 e. The lowest BCUT2D eigenvalue weighted by atomic mass is 9.93. The third kappa shape index (κ3) is 8.16. The number of ether oxygens (including phenoxy) is 1. The normalized spacial score (nSPS) is 19.9. The Bertz CT molecular complexity index is 1810. The maximum absolute atomic E-state index is 14.8. The van der Waals surface area contributed by atoms with Gasteiger partial charge in [-0.3, -0.25) is 24.4 Å². The number of carbonyl (C=O) groups excluding carboxylic acids is 3. The quantitative estimate of drug-likeness (QED) is 0.279. The standard InChI is InChI=1S/C37H39Cl2F3N6O4/c1-3-52-31-22-27(37(40,41)42)8-13-30(31)35-43-33(25-4-9-28(38)10-5-25)34(26-6-11-29(39)12-7-26)48(35)36(51)47-16-14-44(15-17-47)23-32(50)46-20-18-45(19-21-46)24(2)49/h4-13,22,33-34H,3,14-21,23H2,1-2H3. The van der Waals surface area contributed by atoms with Crippen LogP contribution in [0, 0.1) is 0 Å². The van der Waals surface area contributed by atoms with Gasteiger partial charge in [-0.25, -0.2) is 4.79 Å². The number of aliphatic imine (C=N–C) groups is 1. The first kappa shape index (κ1) is 37.4. The molecule has 0 aromatic heterocycles. The summed E-state index contributed by atoms with van der Waals surface area (Å²) < 4.78 is 47.3. The molecule has 2 fully saturated rings. The molecule has 3 aromatic carbocycles. The van der Waals surface area contributed by atoms with Gasteiger partial charge in [0.25, 0.3) is 0 Å². The van der Waals surface area contributed by atoms with Crippen molar-refractivity contribution < 1.29 is 32.3 Å². The highest BCUT2D eigenvalue weighted by Gasteiger charge is 2.45. The zero-order chi connectivity index (χ0) is 37.2. The molecule has 2 atom stereocenters. The molecule has 15 heteroatoms. The predicted octanol–water partition coefficient (Wildman–Crippen LogP) is 6.38. The van der Waals surface area contributed by atoms with Gasteiger partial charge >= 0.3 is 12.2 Å². The Labute approximate surface area is 310 Å². The molecule has 52 heavy (non-hydrogen) atoms. The van der Waals surface area contributed by atoms with Gasteiger partial charge in [-0.15, -0.1) is 0 Å². The van der Waals surface area contributed by atoms with Crippen LogP contribution < -0.4 is 4.74 Å². The Hall–Kier alpha value is -4.33. The van der Waals surface area contributed by atoms with E-state index in [9.17, 15) is 27.6 Å². The van der Waals surface area contributed by atoms with E-state index in [0.29, 0.717) is 62.4 Å². The average Bonchev–Trinajstić information content (AvgIpc) is 3.52. The number of urea groups is 1. The molecule has 2 unspecified atom stereocenters. The van der Waals surface area contributed by atoms with E-state index in [2.05, 4.69) is 0 Å². The van der Waals surface area contributed by atoms with Crippen LogP contribution in [0.1, 0.15) is 48.2 Å². The average molecular weight is 760 g/mol. The molecule has 276 valence electrons. The van der Waals surface area contributed by atoms with Crippen molar-refractivity contribution in [3.63, 3.8) is 0 Å². The van der Waals surface area contributed by atoms with E-state index in [4.69, 9.17) is 32.9 Å². The molecule has 0 radical (unpaired) electrons. The van der Waals surface area contributed by atoms with Crippen LogP contribution in [-0.2, 0) is 15.8 Å². The zero-order valence-corrected chi connectivity index (χ0v) is 30.3. The van der Waals surface area contributed by atoms with Crippen LogP contribution in [0.15, 0.2) is 71.7 Å². The van der Waals surface area contributed by atoms with Gasteiger partial charge in [-0.05, 0) is 60.5 Å². The van der Waals surface area contributed by atoms with E-state index in [0.717, 1.165) is 23.3 Å². The number of hydrogen-bond donors (Lipinski definition) is 0. The smallest absolute Gasteiger partial charge is 0.416 e. The summed E-state index contributed by atoms with van der Waals surface area (Å²) in [5.41, 5.74) is 0.823. The molecule has 6 rings (SSSR count). The fraction of sp³-hybridized carbons (Fsp3) is 0.405. The molecule has 3 aliphatic rings. The van der Waals surface area contributed by atoms with Gasteiger partial charge < -0.3 is 19.4 Å². The highest BCUT2D eigenvalue weighted by molar-refractivity contribution is 6.30. The van der Waals surface area contributed by atoms with Crippen molar-refractivity contribution in [2.24, 2.45) is 4.99 Å². The summed E-state index contributed by atoms with van der Waals surface area (Å²) in [4.78, 5) is 53.4. The number of amides is 4. The number of amidine groups is 1. The second-order valence-electron chi connectivity index (χ2n) is 12.9. The fourth-order valence-corrected chi connectivity index (χ4v) is 7.08. The van der Waals surface area contributed by atoms with Gasteiger partial charge in [-0.2, -0.15) is 13.2 Å². The largest absolute Gasteiger partial charge is 0.493 e. The minimum absolute atomic E-state index is 0.00989. The summed E-state index contributed by atoms with van der Waals surface area (Å²) in [7, 11) is 0. The Morgan fingerprint density at radius 2 is 1.35 bits per heavy atom. The van der Waals surface area contributed by atoms with Crippen LogP contribution in [0.4, 0.5) is 18.0 Å². The highest BCUT2D eigenvalue weighted by Crippen LogP contribution is 2.46. The number of nitrogens with zero attached hydrogens (tertiary/aromatic N) is 6. The zero-order valence-electron chi connectivity index (χ0n) is 28.8. The number of hydrogen-bond acceptors (Lipinski definition) is 6. The fourth-order valence-electron chi connectivity index (χ4n) is 6.82. The lowest BCUT2D eigenvalue weighted by Gasteiger charge is -2.40. The van der Waals surface area contributed by atoms with Crippen LogP contribution in [-0.4, -0.2) is 114 Å². The Morgan fingerprint density at radius 1 is 0.788 bits per heavy atom. The molecule has 2 saturated heterocycles. The highest BCUT2D eigenvalue weighted by atomic mass is 35.5. The summed E-state index contributed by atoms with van der Waals surface area (Å²) in [6.45, 7) is 6.89. The van der Waals surface area contributed by atoms with E-state index < -0.39 is 23.8 Å². The number of carbonyl (C=O) groups is 3. The molecule has 0 aliphatic carbocycles. The first-order valence-electron chi connectivity index (χ1n) is 17.1. The minimum Gasteiger partial charge on any atom is -0.493 e. The minimum atomic E-state index is -4.61. The summed E-state index contributed by atoms with van der Waals surface area (Å²) in [6.07, 6.45) is -4.61. The van der Waals surface area contributed by atoms with Crippen molar-refractivity contribution in [2.75, 3.05) is 65.5 Å². The third-order valence-electron chi connectivity index (χ3n) is 9.62. The van der Waals surface area contributed by atoms with Crippen LogP contribution in [0.2, 0.25) is 10.0 Å². The third-order valence-corrected chi connectivity index (χ3v) is 10.1. The molecular weight excluding hydrogens is 720 g/mol. The number of benzene rings is 3. The van der Waals surface area contributed by atoms with Gasteiger partial charge in [0, 0.05) is 69.3 Å². The molecule has 0 N–H and O–H groups in total. The van der Waals surface area contributed by atoms with Crippen LogP contribution >= 0.6 is 23.2 Å². The van der Waals surface area contributed by atoms with Gasteiger partial charge in [0.2, 0.25) is 11.8 Å². The molecular formula is C37H39Cl2F3N6O4.